The minimum atomic E-state index is -1.34. The van der Waals surface area contributed by atoms with Crippen LogP contribution >= 0.6 is 0 Å². The molecule has 1 atom stereocenters. The van der Waals surface area contributed by atoms with Crippen LogP contribution in [0.15, 0.2) is 34.8 Å². The number of rotatable bonds is 8. The summed E-state index contributed by atoms with van der Waals surface area (Å²) < 4.78 is 10.3. The highest BCUT2D eigenvalue weighted by molar-refractivity contribution is 6.03. The number of aromatic hydroxyl groups is 1. The highest BCUT2D eigenvalue weighted by Gasteiger charge is 2.23. The van der Waals surface area contributed by atoms with E-state index in [0.717, 1.165) is 0 Å². The topological polar surface area (TPSA) is 199 Å². The first-order valence-electron chi connectivity index (χ1n) is 12.0. The molecule has 0 heterocycles. The first-order valence-corrected chi connectivity index (χ1v) is 12.0. The number of carboxylic acids is 1. The molecule has 0 spiro atoms. The smallest absolute Gasteiger partial charge is 0.414 e. The number of hydrogen-bond donors (Lipinski definition) is 5. The van der Waals surface area contributed by atoms with Gasteiger partial charge in [-0.15, -0.1) is 0 Å². The molecule has 0 radical (unpaired) electrons. The lowest BCUT2D eigenvalue weighted by atomic mass is 10.1. The summed E-state index contributed by atoms with van der Waals surface area (Å²) in [7, 11) is 0. The van der Waals surface area contributed by atoms with Crippen LogP contribution in [0.2, 0.25) is 0 Å². The lowest BCUT2D eigenvalue weighted by Crippen LogP contribution is -2.47. The van der Waals surface area contributed by atoms with Gasteiger partial charge in [0.05, 0.1) is 0 Å². The highest BCUT2D eigenvalue weighted by Crippen LogP contribution is 2.13. The van der Waals surface area contributed by atoms with Crippen molar-refractivity contribution in [3.05, 3.63) is 35.4 Å². The molecule has 0 aromatic heterocycles. The third-order valence-corrected chi connectivity index (χ3v) is 4.33. The summed E-state index contributed by atoms with van der Waals surface area (Å²) in [4.78, 5) is 52.6. The van der Waals surface area contributed by atoms with E-state index in [0.29, 0.717) is 5.56 Å². The highest BCUT2D eigenvalue weighted by atomic mass is 16.6. The SMILES string of the molecule is CC(C)(C)OC(=O)NC(=NCCC[C@H](NC(=O)/C(C#N)=C/c1ccc(O)cc1)C(=O)O)NC(=O)OC(C)(C)C. The Bertz CT molecular complexity index is 1110. The van der Waals surface area contributed by atoms with Gasteiger partial charge in [0, 0.05) is 6.54 Å². The molecule has 0 aliphatic rings. The zero-order valence-electron chi connectivity index (χ0n) is 22.8. The maximum absolute atomic E-state index is 12.5. The van der Waals surface area contributed by atoms with E-state index in [2.05, 4.69) is 20.9 Å². The molecule has 13 nitrogen and oxygen atoms in total. The number of carbonyl (C=O) groups excluding carboxylic acids is 3. The van der Waals surface area contributed by atoms with Crippen LogP contribution in [0.3, 0.4) is 0 Å². The Morgan fingerprint density at radius 2 is 1.51 bits per heavy atom. The summed E-state index contributed by atoms with van der Waals surface area (Å²) in [5, 5.41) is 35.2. The van der Waals surface area contributed by atoms with Gasteiger partial charge in [0.2, 0.25) is 5.96 Å². The van der Waals surface area contributed by atoms with E-state index in [1.807, 2.05) is 0 Å². The Morgan fingerprint density at radius 1 is 1.00 bits per heavy atom. The van der Waals surface area contributed by atoms with Crippen molar-refractivity contribution in [2.75, 3.05) is 6.54 Å². The van der Waals surface area contributed by atoms with Gasteiger partial charge in [-0.2, -0.15) is 5.26 Å². The second-order valence-electron chi connectivity index (χ2n) is 10.3. The molecule has 0 aliphatic heterocycles. The Morgan fingerprint density at radius 3 is 1.95 bits per heavy atom. The predicted molar refractivity (Wildman–Crippen MR) is 142 cm³/mol. The van der Waals surface area contributed by atoms with Crippen LogP contribution < -0.4 is 16.0 Å². The number of nitriles is 1. The van der Waals surface area contributed by atoms with Gasteiger partial charge >= 0.3 is 18.2 Å². The predicted octanol–water partition coefficient (Wildman–Crippen LogP) is 3.05. The number of hydrogen-bond acceptors (Lipinski definition) is 9. The second-order valence-corrected chi connectivity index (χ2v) is 10.3. The molecule has 0 unspecified atom stereocenters. The van der Waals surface area contributed by atoms with Gasteiger partial charge in [-0.05, 0) is 78.2 Å². The fourth-order valence-electron chi connectivity index (χ4n) is 2.78. The number of amides is 3. The Balaban J connectivity index is 2.88. The van der Waals surface area contributed by atoms with Crippen LogP contribution in [-0.2, 0) is 19.1 Å². The Kier molecular flexibility index (Phi) is 11.9. The zero-order valence-corrected chi connectivity index (χ0v) is 22.8. The number of alkyl carbamates (subject to hydrolysis) is 2. The molecule has 5 N–H and O–H groups in total. The van der Waals surface area contributed by atoms with Crippen molar-refractivity contribution in [3.63, 3.8) is 0 Å². The van der Waals surface area contributed by atoms with Crippen molar-refractivity contribution >= 4 is 36.1 Å². The number of nitrogens with zero attached hydrogens (tertiary/aromatic N) is 2. The summed E-state index contributed by atoms with van der Waals surface area (Å²) in [5.41, 5.74) is -1.49. The van der Waals surface area contributed by atoms with E-state index >= 15 is 0 Å². The largest absolute Gasteiger partial charge is 0.508 e. The molecule has 0 fully saturated rings. The van der Waals surface area contributed by atoms with Gasteiger partial charge in [0.25, 0.3) is 5.91 Å². The minimum Gasteiger partial charge on any atom is -0.508 e. The van der Waals surface area contributed by atoms with Crippen molar-refractivity contribution in [2.24, 2.45) is 4.99 Å². The van der Waals surface area contributed by atoms with E-state index in [1.54, 1.807) is 47.6 Å². The number of ether oxygens (including phenoxy) is 2. The standard InChI is InChI=1S/C26H35N5O8/c1-25(2,3)38-23(36)30-22(31-24(37)39-26(4,5)6)28-13-7-8-19(21(34)35)29-20(33)17(15-27)14-16-9-11-18(32)12-10-16/h9-12,14,19,32H,7-8,13H2,1-6H3,(H,29,33)(H,34,35)(H2,28,30,31,36,37)/b17-14+/t19-/m0/s1. The van der Waals surface area contributed by atoms with Gasteiger partial charge in [-0.25, -0.2) is 14.4 Å². The van der Waals surface area contributed by atoms with Crippen molar-refractivity contribution in [1.29, 1.82) is 5.26 Å². The molecule has 0 aliphatic carbocycles. The van der Waals surface area contributed by atoms with Crippen LogP contribution in [-0.4, -0.2) is 64.0 Å². The normalized spacial score (nSPS) is 12.3. The second kappa shape index (κ2) is 14.4. The van der Waals surface area contributed by atoms with Crippen molar-refractivity contribution in [2.45, 2.75) is 71.6 Å². The molecule has 0 saturated heterocycles. The van der Waals surface area contributed by atoms with Gasteiger partial charge in [0.15, 0.2) is 0 Å². The van der Waals surface area contributed by atoms with Gasteiger partial charge in [0.1, 0.15) is 34.6 Å². The van der Waals surface area contributed by atoms with Gasteiger partial charge < -0.3 is 25.0 Å². The number of aliphatic imine (C=N–C) groups is 1. The average molecular weight is 546 g/mol. The summed E-state index contributed by atoms with van der Waals surface area (Å²) in [6.45, 7) is 9.89. The van der Waals surface area contributed by atoms with E-state index in [4.69, 9.17) is 9.47 Å². The number of benzene rings is 1. The molecule has 39 heavy (non-hydrogen) atoms. The van der Waals surface area contributed by atoms with Crippen LogP contribution in [0.5, 0.6) is 5.75 Å². The fraction of sp³-hybridized carbons (Fsp3) is 0.462. The Hall–Kier alpha value is -4.60. The number of guanidine groups is 1. The van der Waals surface area contributed by atoms with Gasteiger partial charge in [-0.3, -0.25) is 20.4 Å². The third kappa shape index (κ3) is 14.1. The maximum atomic E-state index is 12.5. The number of nitrogens with one attached hydrogen (secondary N) is 3. The lowest BCUT2D eigenvalue weighted by molar-refractivity contribution is -0.141. The van der Waals surface area contributed by atoms with Gasteiger partial charge in [-0.1, -0.05) is 12.1 Å². The summed E-state index contributed by atoms with van der Waals surface area (Å²) in [6, 6.07) is 6.11. The monoisotopic (exact) mass is 545 g/mol. The number of carboxylic acid groups (broad SMARTS) is 1. The molecule has 0 bridgehead atoms. The first kappa shape index (κ1) is 32.4. The summed E-state index contributed by atoms with van der Waals surface area (Å²) in [5.74, 6) is -2.47. The maximum Gasteiger partial charge on any atom is 0.414 e. The number of phenolic OH excluding ortho intramolecular Hbond substituents is 1. The lowest BCUT2D eigenvalue weighted by Gasteiger charge is -2.22. The summed E-state index contributed by atoms with van der Waals surface area (Å²) in [6.07, 6.45) is -0.449. The quantitative estimate of drug-likeness (QED) is 0.107. The fourth-order valence-corrected chi connectivity index (χ4v) is 2.78. The van der Waals surface area contributed by atoms with E-state index in [9.17, 15) is 34.7 Å². The van der Waals surface area contributed by atoms with Crippen molar-refractivity contribution in [1.82, 2.24) is 16.0 Å². The average Bonchev–Trinajstić information content (AvgIpc) is 2.77. The number of phenols is 1. The summed E-state index contributed by atoms with van der Waals surface area (Å²) >= 11 is 0. The van der Waals surface area contributed by atoms with Crippen LogP contribution in [0.4, 0.5) is 9.59 Å². The molecule has 13 heteroatoms. The van der Waals surface area contributed by atoms with E-state index in [-0.39, 0.29) is 36.7 Å². The third-order valence-electron chi connectivity index (χ3n) is 4.33. The van der Waals surface area contributed by atoms with Crippen LogP contribution in [0.1, 0.15) is 59.9 Å². The minimum absolute atomic E-state index is 0.00876. The molecular formula is C26H35N5O8. The van der Waals surface area contributed by atoms with Crippen molar-refractivity contribution < 1.29 is 38.9 Å². The molecule has 1 rings (SSSR count). The zero-order chi connectivity index (χ0) is 29.8. The van der Waals surface area contributed by atoms with E-state index < -0.39 is 41.3 Å². The number of aliphatic carboxylic acids is 1. The molecule has 1 aromatic carbocycles. The molecule has 3 amide bonds. The van der Waals surface area contributed by atoms with Crippen molar-refractivity contribution in [3.8, 4) is 11.8 Å². The number of carbonyl (C=O) groups is 4. The molecular weight excluding hydrogens is 510 g/mol. The van der Waals surface area contributed by atoms with Crippen LogP contribution in [0.25, 0.3) is 6.08 Å². The molecule has 212 valence electrons. The molecule has 1 aromatic rings. The molecule has 0 saturated carbocycles. The first-order chi connectivity index (χ1) is 18.0. The van der Waals surface area contributed by atoms with Crippen LogP contribution in [0, 0.1) is 11.3 Å². The van der Waals surface area contributed by atoms with E-state index in [1.165, 1.54) is 30.3 Å². The Labute approximate surface area is 226 Å².